The fourth-order valence-electron chi connectivity index (χ4n) is 6.40. The Bertz CT molecular complexity index is 1430. The summed E-state index contributed by atoms with van der Waals surface area (Å²) in [6, 6.07) is 14.6. The van der Waals surface area contributed by atoms with Crippen LogP contribution in [0, 0.1) is 0 Å². The van der Waals surface area contributed by atoms with Gasteiger partial charge in [0.1, 0.15) is 6.54 Å². The molecule has 1 unspecified atom stereocenters. The van der Waals surface area contributed by atoms with E-state index in [1.807, 2.05) is 47.3 Å². The van der Waals surface area contributed by atoms with Gasteiger partial charge in [-0.15, -0.1) is 0 Å². The molecule has 4 aromatic rings. The van der Waals surface area contributed by atoms with Crippen LogP contribution >= 0.6 is 0 Å². The zero-order valence-corrected chi connectivity index (χ0v) is 21.9. The number of nitrogens with one attached hydrogen (secondary N) is 1. The van der Waals surface area contributed by atoms with Gasteiger partial charge in [-0.2, -0.15) is 0 Å². The molecule has 2 N–H and O–H groups in total. The average molecular weight is 513 g/mol. The summed E-state index contributed by atoms with van der Waals surface area (Å²) < 4.78 is 1.93. The van der Waals surface area contributed by atoms with Gasteiger partial charge < -0.3 is 19.9 Å². The van der Waals surface area contributed by atoms with Crippen molar-refractivity contribution in [3.8, 4) is 0 Å². The molecule has 6 rings (SSSR count). The molecule has 2 aliphatic rings. The zero-order chi connectivity index (χ0) is 25.9. The van der Waals surface area contributed by atoms with Gasteiger partial charge in [0.2, 0.25) is 0 Å². The van der Waals surface area contributed by atoms with Crippen LogP contribution in [0.5, 0.6) is 0 Å². The first-order valence-corrected chi connectivity index (χ1v) is 13.9. The minimum absolute atomic E-state index is 0.0838. The fourth-order valence-corrected chi connectivity index (χ4v) is 6.40. The lowest BCUT2D eigenvalue weighted by Crippen LogP contribution is -2.44. The molecule has 1 saturated heterocycles. The molecule has 0 radical (unpaired) electrons. The quantitative estimate of drug-likeness (QED) is 0.352. The second-order valence-electron chi connectivity index (χ2n) is 10.5. The second kappa shape index (κ2) is 11.2. The third-order valence-electron chi connectivity index (χ3n) is 8.14. The minimum Gasteiger partial charge on any atom is -0.480 e. The Balaban J connectivity index is 1.37. The summed E-state index contributed by atoms with van der Waals surface area (Å²) in [5.41, 5.74) is 5.35. The van der Waals surface area contributed by atoms with Gasteiger partial charge in [0.15, 0.2) is 0 Å². The number of piperazine rings is 1. The van der Waals surface area contributed by atoms with Gasteiger partial charge in [-0.1, -0.05) is 24.3 Å². The summed E-state index contributed by atoms with van der Waals surface area (Å²) in [6.45, 7) is 6.93. The Morgan fingerprint density at radius 2 is 1.92 bits per heavy atom. The molecule has 0 amide bonds. The highest BCUT2D eigenvalue weighted by atomic mass is 16.4. The molecule has 1 fully saturated rings. The first-order chi connectivity index (χ1) is 18.7. The topological polar surface area (TPSA) is 86.5 Å². The van der Waals surface area contributed by atoms with E-state index in [0.717, 1.165) is 92.5 Å². The van der Waals surface area contributed by atoms with Crippen LogP contribution in [-0.4, -0.2) is 74.7 Å². The maximum Gasteiger partial charge on any atom is 0.323 e. The molecular formula is C30H36N6O2. The number of hydrogen-bond donors (Lipinski definition) is 2. The molecule has 8 nitrogen and oxygen atoms in total. The van der Waals surface area contributed by atoms with Crippen LogP contribution in [0.25, 0.3) is 21.8 Å². The lowest BCUT2D eigenvalue weighted by Gasteiger charge is -2.36. The summed E-state index contributed by atoms with van der Waals surface area (Å²) in [5, 5.41) is 15.3. The van der Waals surface area contributed by atoms with Gasteiger partial charge in [0, 0.05) is 68.0 Å². The highest BCUT2D eigenvalue weighted by molar-refractivity contribution is 6.09. The molecular weight excluding hydrogens is 476 g/mol. The summed E-state index contributed by atoms with van der Waals surface area (Å²) in [5.74, 6) is -0.847. The predicted molar refractivity (Wildman–Crippen MR) is 149 cm³/mol. The summed E-state index contributed by atoms with van der Waals surface area (Å²) in [7, 11) is 0. The van der Waals surface area contributed by atoms with Crippen LogP contribution in [0.1, 0.15) is 42.3 Å². The van der Waals surface area contributed by atoms with Gasteiger partial charge in [0.25, 0.3) is 0 Å². The molecule has 0 spiro atoms. The van der Waals surface area contributed by atoms with E-state index < -0.39 is 5.97 Å². The monoisotopic (exact) mass is 512 g/mol. The number of nitrogens with zero attached hydrogens (tertiary/aromatic N) is 5. The molecule has 3 aromatic heterocycles. The van der Waals surface area contributed by atoms with E-state index in [9.17, 15) is 9.90 Å². The summed E-state index contributed by atoms with van der Waals surface area (Å²) in [4.78, 5) is 26.7. The Morgan fingerprint density at radius 3 is 2.79 bits per heavy atom. The molecule has 8 heteroatoms. The van der Waals surface area contributed by atoms with Crippen molar-refractivity contribution in [3.63, 3.8) is 0 Å². The van der Waals surface area contributed by atoms with Crippen molar-refractivity contribution >= 4 is 27.8 Å². The van der Waals surface area contributed by atoms with E-state index in [4.69, 9.17) is 9.97 Å². The SMILES string of the molecule is O=C(O)Cn1c2ccccc2c2ccnc(CN(CCCN3CCNCC3)C3CCCc4cccnc43)c21. The number of carboxylic acids is 1. The molecule has 1 aromatic carbocycles. The maximum absolute atomic E-state index is 11.9. The lowest BCUT2D eigenvalue weighted by atomic mass is 9.90. The van der Waals surface area contributed by atoms with Crippen LogP contribution in [0.4, 0.5) is 0 Å². The van der Waals surface area contributed by atoms with Crippen molar-refractivity contribution in [1.29, 1.82) is 0 Å². The first-order valence-electron chi connectivity index (χ1n) is 13.9. The van der Waals surface area contributed by atoms with Crippen molar-refractivity contribution < 1.29 is 9.90 Å². The Morgan fingerprint density at radius 1 is 1.05 bits per heavy atom. The third kappa shape index (κ3) is 5.04. The highest BCUT2D eigenvalue weighted by Crippen LogP contribution is 2.36. The van der Waals surface area contributed by atoms with E-state index in [1.165, 1.54) is 11.3 Å². The first kappa shape index (κ1) is 25.0. The molecule has 0 saturated carbocycles. The van der Waals surface area contributed by atoms with Crippen molar-refractivity contribution in [1.82, 2.24) is 29.7 Å². The van der Waals surface area contributed by atoms with Crippen molar-refractivity contribution in [2.75, 3.05) is 39.3 Å². The smallest absolute Gasteiger partial charge is 0.323 e. The number of aliphatic carboxylic acids is 1. The van der Waals surface area contributed by atoms with E-state index in [0.29, 0.717) is 6.54 Å². The van der Waals surface area contributed by atoms with Crippen LogP contribution in [0.3, 0.4) is 0 Å². The van der Waals surface area contributed by atoms with E-state index in [1.54, 1.807) is 0 Å². The second-order valence-corrected chi connectivity index (χ2v) is 10.5. The number of carbonyl (C=O) groups is 1. The van der Waals surface area contributed by atoms with Gasteiger partial charge >= 0.3 is 5.97 Å². The average Bonchev–Trinajstić information content (AvgIpc) is 3.26. The third-order valence-corrected chi connectivity index (χ3v) is 8.14. The van der Waals surface area contributed by atoms with E-state index >= 15 is 0 Å². The van der Waals surface area contributed by atoms with E-state index in [2.05, 4.69) is 27.2 Å². The number of aromatic nitrogens is 3. The van der Waals surface area contributed by atoms with Crippen LogP contribution < -0.4 is 5.32 Å². The predicted octanol–water partition coefficient (Wildman–Crippen LogP) is 3.84. The van der Waals surface area contributed by atoms with Crippen molar-refractivity contribution in [2.45, 2.75) is 44.8 Å². The van der Waals surface area contributed by atoms with Crippen molar-refractivity contribution in [2.24, 2.45) is 0 Å². The normalized spacial score (nSPS) is 18.3. The molecule has 198 valence electrons. The number of rotatable bonds is 9. The lowest BCUT2D eigenvalue weighted by molar-refractivity contribution is -0.137. The fraction of sp³-hybridized carbons (Fsp3) is 0.433. The number of aryl methyl sites for hydroxylation is 1. The van der Waals surface area contributed by atoms with Gasteiger partial charge in [-0.25, -0.2) is 0 Å². The zero-order valence-electron chi connectivity index (χ0n) is 21.9. The molecule has 38 heavy (non-hydrogen) atoms. The van der Waals surface area contributed by atoms with Crippen molar-refractivity contribution in [3.05, 3.63) is 71.8 Å². The minimum atomic E-state index is -0.847. The largest absolute Gasteiger partial charge is 0.480 e. The molecule has 1 atom stereocenters. The van der Waals surface area contributed by atoms with E-state index in [-0.39, 0.29) is 12.6 Å². The molecule has 4 heterocycles. The van der Waals surface area contributed by atoms with Crippen LogP contribution in [0.2, 0.25) is 0 Å². The molecule has 1 aliphatic heterocycles. The molecule has 0 bridgehead atoms. The number of pyridine rings is 2. The van der Waals surface area contributed by atoms with Crippen LogP contribution in [0.15, 0.2) is 54.9 Å². The van der Waals surface area contributed by atoms with Crippen LogP contribution in [-0.2, 0) is 24.3 Å². The summed E-state index contributed by atoms with van der Waals surface area (Å²) in [6.07, 6.45) is 8.17. The number of carboxylic acid groups (broad SMARTS) is 1. The van der Waals surface area contributed by atoms with Gasteiger partial charge in [0.05, 0.1) is 22.9 Å². The van der Waals surface area contributed by atoms with Gasteiger partial charge in [-0.3, -0.25) is 19.7 Å². The number of benzene rings is 1. The maximum atomic E-state index is 11.9. The Kier molecular flexibility index (Phi) is 7.35. The Labute approximate surface area is 223 Å². The Hall–Kier alpha value is -3.33. The molecule has 1 aliphatic carbocycles. The number of para-hydroxylation sites is 1. The highest BCUT2D eigenvalue weighted by Gasteiger charge is 2.29. The number of hydrogen-bond acceptors (Lipinski definition) is 6. The standard InChI is InChI=1S/C30H36N6O2/c37-28(38)21-36-26-9-2-1-8-23(26)24-11-13-32-25(30(24)36)20-35(17-5-16-34-18-14-31-15-19-34)27-10-3-6-22-7-4-12-33-29(22)27/h1-2,4,7-9,11-13,27,31H,3,5-6,10,14-21H2,(H,37,38). The van der Waals surface area contributed by atoms with Gasteiger partial charge in [-0.05, 0) is 56.0 Å². The summed E-state index contributed by atoms with van der Waals surface area (Å²) >= 11 is 0. The number of fused-ring (bicyclic) bond motifs is 4.